The van der Waals surface area contributed by atoms with Gasteiger partial charge in [-0.15, -0.1) is 23.1 Å². The summed E-state index contributed by atoms with van der Waals surface area (Å²) in [6.07, 6.45) is 4.25. The van der Waals surface area contributed by atoms with Crippen molar-refractivity contribution in [1.29, 1.82) is 0 Å². The number of hydrogen-bond donors (Lipinski definition) is 1. The molecule has 0 aliphatic heterocycles. The van der Waals surface area contributed by atoms with Gasteiger partial charge in [0.25, 0.3) is 0 Å². The molecular formula is C23H21N3O2S2. The normalized spacial score (nSPS) is 10.9. The van der Waals surface area contributed by atoms with Gasteiger partial charge in [-0.05, 0) is 42.5 Å². The van der Waals surface area contributed by atoms with Crippen molar-refractivity contribution >= 4 is 50.8 Å². The van der Waals surface area contributed by atoms with Crippen LogP contribution in [0.2, 0.25) is 0 Å². The summed E-state index contributed by atoms with van der Waals surface area (Å²) >= 11 is 3.02. The smallest absolute Gasteiger partial charge is 0.348 e. The molecule has 2 aromatic carbocycles. The quantitative estimate of drug-likeness (QED) is 0.290. The maximum Gasteiger partial charge on any atom is 0.348 e. The van der Waals surface area contributed by atoms with Gasteiger partial charge in [-0.3, -0.25) is 0 Å². The number of ether oxygens (including phenoxy) is 1. The summed E-state index contributed by atoms with van der Waals surface area (Å²) in [4.78, 5) is 24.0. The highest BCUT2D eigenvalue weighted by atomic mass is 32.2. The molecule has 0 bridgehead atoms. The summed E-state index contributed by atoms with van der Waals surface area (Å²) < 4.78 is 5.53. The monoisotopic (exact) mass is 435 g/mol. The first-order valence-electron chi connectivity index (χ1n) is 9.52. The van der Waals surface area contributed by atoms with Gasteiger partial charge >= 0.3 is 5.97 Å². The molecule has 152 valence electrons. The van der Waals surface area contributed by atoms with Crippen molar-refractivity contribution in [3.63, 3.8) is 0 Å². The Morgan fingerprint density at radius 2 is 1.97 bits per heavy atom. The van der Waals surface area contributed by atoms with Gasteiger partial charge in [-0.1, -0.05) is 36.4 Å². The third-order valence-corrected chi connectivity index (χ3v) is 6.62. The lowest BCUT2D eigenvalue weighted by Crippen LogP contribution is -2.07. The zero-order valence-electron chi connectivity index (χ0n) is 16.7. The number of carbonyl (C=O) groups excluding carboxylic acids is 1. The molecule has 0 aliphatic carbocycles. The Morgan fingerprint density at radius 1 is 1.13 bits per heavy atom. The number of thioether (sulfide) groups is 1. The van der Waals surface area contributed by atoms with E-state index < -0.39 is 0 Å². The molecule has 2 heterocycles. The van der Waals surface area contributed by atoms with Crippen LogP contribution in [0, 0.1) is 6.92 Å². The number of thiophene rings is 1. The van der Waals surface area contributed by atoms with E-state index in [2.05, 4.69) is 27.4 Å². The van der Waals surface area contributed by atoms with Crippen LogP contribution in [0.3, 0.4) is 0 Å². The molecule has 0 fully saturated rings. The van der Waals surface area contributed by atoms with Gasteiger partial charge in [-0.2, -0.15) is 0 Å². The molecule has 0 amide bonds. The fourth-order valence-corrected chi connectivity index (χ4v) is 4.67. The molecule has 7 heteroatoms. The van der Waals surface area contributed by atoms with Crippen molar-refractivity contribution in [2.24, 2.45) is 0 Å². The first kappa shape index (κ1) is 20.4. The first-order valence-corrected chi connectivity index (χ1v) is 11.6. The molecule has 0 saturated carbocycles. The van der Waals surface area contributed by atoms with Crippen molar-refractivity contribution in [2.75, 3.05) is 18.2 Å². The van der Waals surface area contributed by atoms with Gasteiger partial charge < -0.3 is 10.1 Å². The average molecular weight is 436 g/mol. The van der Waals surface area contributed by atoms with Crippen LogP contribution in [0.25, 0.3) is 10.2 Å². The van der Waals surface area contributed by atoms with Crippen molar-refractivity contribution in [1.82, 2.24) is 9.97 Å². The lowest BCUT2D eigenvalue weighted by atomic mass is 10.2. The minimum atomic E-state index is -0.318. The van der Waals surface area contributed by atoms with E-state index >= 15 is 0 Å². The molecule has 30 heavy (non-hydrogen) atoms. The van der Waals surface area contributed by atoms with Crippen LogP contribution in [0.1, 0.15) is 20.8 Å². The van der Waals surface area contributed by atoms with Crippen LogP contribution in [-0.2, 0) is 11.2 Å². The molecule has 0 spiro atoms. The van der Waals surface area contributed by atoms with Gasteiger partial charge in [0.05, 0.1) is 12.0 Å². The summed E-state index contributed by atoms with van der Waals surface area (Å²) in [5.74, 6) is 0.372. The second kappa shape index (κ2) is 9.28. The molecule has 0 atom stereocenters. The maximum absolute atomic E-state index is 12.7. The molecule has 2 aromatic heterocycles. The van der Waals surface area contributed by atoms with E-state index in [1.54, 1.807) is 11.8 Å². The number of nitrogens with one attached hydrogen (secondary N) is 1. The number of aromatic nitrogens is 2. The zero-order valence-corrected chi connectivity index (χ0v) is 18.3. The van der Waals surface area contributed by atoms with Gasteiger partial charge in [0, 0.05) is 17.0 Å². The Hall–Kier alpha value is -2.90. The minimum absolute atomic E-state index is 0.318. The Labute approximate surface area is 183 Å². The summed E-state index contributed by atoms with van der Waals surface area (Å²) in [6, 6.07) is 18.1. The predicted molar refractivity (Wildman–Crippen MR) is 124 cm³/mol. The van der Waals surface area contributed by atoms with Crippen molar-refractivity contribution in [3.05, 3.63) is 76.9 Å². The number of hydrogen-bond acceptors (Lipinski definition) is 7. The molecule has 0 saturated heterocycles. The second-order valence-corrected chi connectivity index (χ2v) is 8.57. The third-order valence-electron chi connectivity index (χ3n) is 4.71. The van der Waals surface area contributed by atoms with Gasteiger partial charge in [0.1, 0.15) is 21.9 Å². The number of fused-ring (bicyclic) bond motifs is 1. The first-order chi connectivity index (χ1) is 14.7. The number of anilines is 2. The highest BCUT2D eigenvalue weighted by Crippen LogP contribution is 2.35. The Morgan fingerprint density at radius 3 is 2.77 bits per heavy atom. The van der Waals surface area contributed by atoms with Gasteiger partial charge in [0.2, 0.25) is 0 Å². The fourth-order valence-electron chi connectivity index (χ4n) is 3.17. The van der Waals surface area contributed by atoms with E-state index in [1.165, 1.54) is 17.7 Å². The summed E-state index contributed by atoms with van der Waals surface area (Å²) in [5.41, 5.74) is 2.92. The standard InChI is InChI=1S/C23H21N3O2S2/c1-15-19-21(26-17-9-6-10-18(13-17)29-2)24-14-25-22(19)30-20(15)23(27)28-12-11-16-7-4-3-5-8-16/h3-10,13-14H,11-12H2,1-2H3,(H,24,25,26). The number of benzene rings is 2. The molecule has 4 rings (SSSR count). The van der Waals surface area contributed by atoms with E-state index in [1.807, 2.05) is 55.6 Å². The predicted octanol–water partition coefficient (Wildman–Crippen LogP) is 5.86. The number of rotatable bonds is 7. The number of aryl methyl sites for hydroxylation is 1. The molecule has 0 radical (unpaired) electrons. The van der Waals surface area contributed by atoms with Crippen LogP contribution in [0.15, 0.2) is 65.8 Å². The van der Waals surface area contributed by atoms with E-state index in [0.717, 1.165) is 31.9 Å². The average Bonchev–Trinajstić information content (AvgIpc) is 3.12. The second-order valence-electron chi connectivity index (χ2n) is 6.69. The third kappa shape index (κ3) is 4.47. The number of nitrogens with zero attached hydrogens (tertiary/aromatic N) is 2. The molecule has 1 N–H and O–H groups in total. The van der Waals surface area contributed by atoms with Crippen LogP contribution >= 0.6 is 23.1 Å². The Balaban J connectivity index is 1.54. The molecule has 0 unspecified atom stereocenters. The fraction of sp³-hybridized carbons (Fsp3) is 0.174. The van der Waals surface area contributed by atoms with Crippen LogP contribution in [0.4, 0.5) is 11.5 Å². The highest BCUT2D eigenvalue weighted by Gasteiger charge is 2.20. The number of carbonyl (C=O) groups is 1. The van der Waals surface area contributed by atoms with E-state index in [4.69, 9.17) is 4.74 Å². The molecule has 4 aromatic rings. The Bertz CT molecular complexity index is 1180. The molecule has 0 aliphatic rings. The molecular weight excluding hydrogens is 414 g/mol. The van der Waals surface area contributed by atoms with Gasteiger partial charge in [-0.25, -0.2) is 14.8 Å². The van der Waals surface area contributed by atoms with E-state index in [0.29, 0.717) is 23.7 Å². The Kier molecular flexibility index (Phi) is 6.30. The largest absolute Gasteiger partial charge is 0.461 e. The van der Waals surface area contributed by atoms with Crippen LogP contribution in [0.5, 0.6) is 0 Å². The van der Waals surface area contributed by atoms with Crippen molar-refractivity contribution in [2.45, 2.75) is 18.2 Å². The lowest BCUT2D eigenvalue weighted by molar-refractivity contribution is 0.0514. The zero-order chi connectivity index (χ0) is 20.9. The van der Waals surface area contributed by atoms with Crippen LogP contribution < -0.4 is 5.32 Å². The molecule has 5 nitrogen and oxygen atoms in total. The minimum Gasteiger partial charge on any atom is -0.461 e. The van der Waals surface area contributed by atoms with E-state index in [9.17, 15) is 4.79 Å². The van der Waals surface area contributed by atoms with Crippen molar-refractivity contribution < 1.29 is 9.53 Å². The van der Waals surface area contributed by atoms with E-state index in [-0.39, 0.29) is 5.97 Å². The van der Waals surface area contributed by atoms with Crippen molar-refractivity contribution in [3.8, 4) is 0 Å². The summed E-state index contributed by atoms with van der Waals surface area (Å²) in [7, 11) is 0. The number of esters is 1. The summed E-state index contributed by atoms with van der Waals surface area (Å²) in [5, 5.41) is 4.22. The topological polar surface area (TPSA) is 64.1 Å². The maximum atomic E-state index is 12.7. The SMILES string of the molecule is CSc1cccc(Nc2ncnc3sc(C(=O)OCCc4ccccc4)c(C)c23)c1. The van der Waals surface area contributed by atoms with Crippen LogP contribution in [-0.4, -0.2) is 28.8 Å². The highest BCUT2D eigenvalue weighted by molar-refractivity contribution is 7.98. The summed E-state index contributed by atoms with van der Waals surface area (Å²) in [6.45, 7) is 2.26. The van der Waals surface area contributed by atoms with Gasteiger partial charge in [0.15, 0.2) is 0 Å². The lowest BCUT2D eigenvalue weighted by Gasteiger charge is -2.08.